The fourth-order valence-electron chi connectivity index (χ4n) is 2.45. The minimum Gasteiger partial charge on any atom is -0.451 e. The maximum absolute atomic E-state index is 12.1. The molecule has 0 amide bonds. The SMILES string of the molecule is O=C(OCc1nc(-c2ccsc2)no1)c1cc2c(s1)CCC2. The minimum atomic E-state index is -0.324. The summed E-state index contributed by atoms with van der Waals surface area (Å²) in [5, 5.41) is 7.77. The van der Waals surface area contributed by atoms with Crippen molar-refractivity contribution < 1.29 is 14.1 Å². The summed E-state index contributed by atoms with van der Waals surface area (Å²) in [5.41, 5.74) is 2.19. The third-order valence-electron chi connectivity index (χ3n) is 3.52. The van der Waals surface area contributed by atoms with Crippen LogP contribution in [0.3, 0.4) is 0 Å². The van der Waals surface area contributed by atoms with Gasteiger partial charge in [0, 0.05) is 15.8 Å². The van der Waals surface area contributed by atoms with Gasteiger partial charge >= 0.3 is 5.97 Å². The summed E-state index contributed by atoms with van der Waals surface area (Å²) in [6.45, 7) is -0.00145. The number of aryl methyl sites for hydroxylation is 2. The van der Waals surface area contributed by atoms with E-state index in [4.69, 9.17) is 9.26 Å². The average Bonchev–Trinajstić information content (AvgIpc) is 3.26. The predicted molar refractivity (Wildman–Crippen MR) is 83.1 cm³/mol. The molecule has 0 bridgehead atoms. The number of carbonyl (C=O) groups is 1. The van der Waals surface area contributed by atoms with Crippen molar-refractivity contribution in [1.82, 2.24) is 10.1 Å². The summed E-state index contributed by atoms with van der Waals surface area (Å²) in [6, 6.07) is 3.86. The maximum Gasteiger partial charge on any atom is 0.348 e. The van der Waals surface area contributed by atoms with E-state index in [0.717, 1.165) is 18.4 Å². The number of ether oxygens (including phenoxy) is 1. The summed E-state index contributed by atoms with van der Waals surface area (Å²) < 4.78 is 10.4. The molecule has 112 valence electrons. The quantitative estimate of drug-likeness (QED) is 0.682. The number of thiophene rings is 2. The Balaban J connectivity index is 1.40. The van der Waals surface area contributed by atoms with Gasteiger partial charge in [-0.2, -0.15) is 16.3 Å². The molecule has 3 aromatic heterocycles. The first-order valence-corrected chi connectivity index (χ1v) is 8.69. The molecule has 5 nitrogen and oxygen atoms in total. The fourth-order valence-corrected chi connectivity index (χ4v) is 4.23. The number of fused-ring (bicyclic) bond motifs is 1. The molecule has 22 heavy (non-hydrogen) atoms. The third kappa shape index (κ3) is 2.57. The minimum absolute atomic E-state index is 0.00145. The Hall–Kier alpha value is -1.99. The Bertz CT molecular complexity index is 783. The molecule has 7 heteroatoms. The van der Waals surface area contributed by atoms with E-state index in [1.807, 2.05) is 22.9 Å². The molecule has 3 heterocycles. The highest BCUT2D eigenvalue weighted by atomic mass is 32.1. The topological polar surface area (TPSA) is 65.2 Å². The van der Waals surface area contributed by atoms with E-state index < -0.39 is 0 Å². The van der Waals surface area contributed by atoms with E-state index in [2.05, 4.69) is 10.1 Å². The number of nitrogens with zero attached hydrogens (tertiary/aromatic N) is 2. The molecular formula is C15H12N2O3S2. The summed E-state index contributed by atoms with van der Waals surface area (Å²) in [5.74, 6) is 0.496. The fraction of sp³-hybridized carbons (Fsp3) is 0.267. The van der Waals surface area contributed by atoms with Crippen LogP contribution in [0.1, 0.15) is 32.4 Å². The second-order valence-electron chi connectivity index (χ2n) is 5.01. The van der Waals surface area contributed by atoms with Gasteiger partial charge in [-0.05, 0) is 42.3 Å². The van der Waals surface area contributed by atoms with Crippen molar-refractivity contribution in [3.05, 3.63) is 44.1 Å². The Labute approximate surface area is 134 Å². The van der Waals surface area contributed by atoms with E-state index >= 15 is 0 Å². The standard InChI is InChI=1S/C15H12N2O3S2/c18-15(12-6-9-2-1-3-11(9)22-12)19-7-13-16-14(17-20-13)10-4-5-21-8-10/h4-6,8H,1-3,7H2. The monoisotopic (exact) mass is 332 g/mol. The summed E-state index contributed by atoms with van der Waals surface area (Å²) in [4.78, 5) is 18.2. The van der Waals surface area contributed by atoms with Gasteiger partial charge in [0.05, 0.1) is 0 Å². The van der Waals surface area contributed by atoms with E-state index in [9.17, 15) is 4.79 Å². The van der Waals surface area contributed by atoms with Gasteiger partial charge < -0.3 is 9.26 Å². The van der Waals surface area contributed by atoms with Crippen molar-refractivity contribution in [3.8, 4) is 11.4 Å². The van der Waals surface area contributed by atoms with Crippen molar-refractivity contribution in [3.63, 3.8) is 0 Å². The van der Waals surface area contributed by atoms with Crippen molar-refractivity contribution in [2.24, 2.45) is 0 Å². The van der Waals surface area contributed by atoms with Crippen molar-refractivity contribution in [1.29, 1.82) is 0 Å². The summed E-state index contributed by atoms with van der Waals surface area (Å²) in [7, 11) is 0. The van der Waals surface area contributed by atoms with Gasteiger partial charge in [0.15, 0.2) is 6.61 Å². The lowest BCUT2D eigenvalue weighted by molar-refractivity contribution is 0.0435. The van der Waals surface area contributed by atoms with Gasteiger partial charge in [-0.1, -0.05) is 5.16 Å². The second kappa shape index (κ2) is 5.66. The highest BCUT2D eigenvalue weighted by Crippen LogP contribution is 2.31. The molecule has 0 fully saturated rings. The molecule has 0 N–H and O–H groups in total. The lowest BCUT2D eigenvalue weighted by atomic mass is 10.2. The van der Waals surface area contributed by atoms with Gasteiger partial charge in [0.1, 0.15) is 4.88 Å². The van der Waals surface area contributed by atoms with E-state index in [0.29, 0.717) is 16.6 Å². The zero-order chi connectivity index (χ0) is 14.9. The van der Waals surface area contributed by atoms with Crippen LogP contribution in [0.25, 0.3) is 11.4 Å². The van der Waals surface area contributed by atoms with Crippen molar-refractivity contribution in [2.75, 3.05) is 0 Å². The van der Waals surface area contributed by atoms with Gasteiger partial charge in [-0.3, -0.25) is 0 Å². The summed E-state index contributed by atoms with van der Waals surface area (Å²) >= 11 is 3.09. The van der Waals surface area contributed by atoms with Crippen LogP contribution in [-0.4, -0.2) is 16.1 Å². The Kier molecular flexibility index (Phi) is 3.51. The Morgan fingerprint density at radius 1 is 1.41 bits per heavy atom. The molecule has 1 aliphatic carbocycles. The molecule has 1 aliphatic rings. The van der Waals surface area contributed by atoms with Gasteiger partial charge in [-0.25, -0.2) is 4.79 Å². The number of rotatable bonds is 4. The molecule has 3 aromatic rings. The molecule has 0 radical (unpaired) electrons. The molecule has 0 aliphatic heterocycles. The number of esters is 1. The first-order valence-electron chi connectivity index (χ1n) is 6.93. The molecule has 0 spiro atoms. The third-order valence-corrected chi connectivity index (χ3v) is 5.42. The zero-order valence-corrected chi connectivity index (χ0v) is 13.2. The largest absolute Gasteiger partial charge is 0.451 e. The van der Waals surface area contributed by atoms with Crippen LogP contribution in [0.2, 0.25) is 0 Å². The van der Waals surface area contributed by atoms with Crippen LogP contribution in [0.5, 0.6) is 0 Å². The van der Waals surface area contributed by atoms with Crippen LogP contribution in [0, 0.1) is 0 Å². The second-order valence-corrected chi connectivity index (χ2v) is 6.93. The maximum atomic E-state index is 12.1. The van der Waals surface area contributed by atoms with Gasteiger partial charge in [0.25, 0.3) is 5.89 Å². The number of carbonyl (C=O) groups excluding carboxylic acids is 1. The lowest BCUT2D eigenvalue weighted by Crippen LogP contribution is -2.03. The normalized spacial score (nSPS) is 13.3. The van der Waals surface area contributed by atoms with Crippen molar-refractivity contribution in [2.45, 2.75) is 25.9 Å². The van der Waals surface area contributed by atoms with Crippen LogP contribution >= 0.6 is 22.7 Å². The van der Waals surface area contributed by atoms with Crippen molar-refractivity contribution >= 4 is 28.6 Å². The molecule has 0 unspecified atom stereocenters. The van der Waals surface area contributed by atoms with Crippen LogP contribution in [0.4, 0.5) is 0 Å². The van der Waals surface area contributed by atoms with Crippen LogP contribution in [0.15, 0.2) is 27.4 Å². The molecular weight excluding hydrogens is 320 g/mol. The van der Waals surface area contributed by atoms with E-state index in [-0.39, 0.29) is 12.6 Å². The highest BCUT2D eigenvalue weighted by Gasteiger charge is 2.20. The highest BCUT2D eigenvalue weighted by molar-refractivity contribution is 7.14. The lowest BCUT2D eigenvalue weighted by Gasteiger charge is -1.98. The Morgan fingerprint density at radius 2 is 2.36 bits per heavy atom. The van der Waals surface area contributed by atoms with Gasteiger partial charge in [-0.15, -0.1) is 11.3 Å². The molecule has 0 saturated heterocycles. The molecule has 0 atom stereocenters. The van der Waals surface area contributed by atoms with E-state index in [1.165, 1.54) is 28.2 Å². The molecule has 0 aromatic carbocycles. The summed E-state index contributed by atoms with van der Waals surface area (Å²) in [6.07, 6.45) is 3.32. The first-order chi connectivity index (χ1) is 10.8. The smallest absolute Gasteiger partial charge is 0.348 e. The van der Waals surface area contributed by atoms with E-state index in [1.54, 1.807) is 11.3 Å². The molecule has 4 rings (SSSR count). The van der Waals surface area contributed by atoms with Crippen LogP contribution in [-0.2, 0) is 24.2 Å². The van der Waals surface area contributed by atoms with Gasteiger partial charge in [0.2, 0.25) is 5.82 Å². The van der Waals surface area contributed by atoms with Crippen LogP contribution < -0.4 is 0 Å². The number of hydrogen-bond acceptors (Lipinski definition) is 7. The predicted octanol–water partition coefficient (Wildman–Crippen LogP) is 3.71. The number of aromatic nitrogens is 2. The first kappa shape index (κ1) is 13.7. The average molecular weight is 332 g/mol. The molecule has 0 saturated carbocycles. The number of hydrogen-bond donors (Lipinski definition) is 0. The Morgan fingerprint density at radius 3 is 3.18 bits per heavy atom. The zero-order valence-electron chi connectivity index (χ0n) is 11.6.